The van der Waals surface area contributed by atoms with Gasteiger partial charge in [0.25, 0.3) is 5.56 Å². The van der Waals surface area contributed by atoms with Crippen molar-refractivity contribution >= 4 is 5.65 Å². The first-order valence-corrected chi connectivity index (χ1v) is 8.35. The van der Waals surface area contributed by atoms with Crippen LogP contribution >= 0.6 is 0 Å². The lowest BCUT2D eigenvalue weighted by Gasteiger charge is -2.22. The quantitative estimate of drug-likeness (QED) is 0.750. The van der Waals surface area contributed by atoms with E-state index in [2.05, 4.69) is 20.1 Å². The molecule has 0 amide bonds. The largest absolute Gasteiger partial charge is 0.325 e. The fraction of sp³-hybridized carbons (Fsp3) is 0.412. The van der Waals surface area contributed by atoms with Crippen LogP contribution < -0.4 is 11.2 Å². The minimum atomic E-state index is -0.513. The molecular weight excluding hydrogens is 306 g/mol. The average Bonchev–Trinajstić information content (AvgIpc) is 3.30. The first-order chi connectivity index (χ1) is 11.7. The second-order valence-corrected chi connectivity index (χ2v) is 6.95. The van der Waals surface area contributed by atoms with Crippen molar-refractivity contribution in [1.82, 2.24) is 24.6 Å². The summed E-state index contributed by atoms with van der Waals surface area (Å²) in [5, 5.41) is 4.50. The van der Waals surface area contributed by atoms with Crippen molar-refractivity contribution in [2.75, 3.05) is 0 Å². The Bertz CT molecular complexity index is 1050. The number of aromatic amines is 2. The molecule has 2 fully saturated rings. The number of hydrogen-bond acceptors (Lipinski definition) is 4. The van der Waals surface area contributed by atoms with Crippen LogP contribution in [0.3, 0.4) is 0 Å². The van der Waals surface area contributed by atoms with Crippen molar-refractivity contribution < 1.29 is 0 Å². The van der Waals surface area contributed by atoms with Gasteiger partial charge in [0.05, 0.1) is 11.3 Å². The molecule has 24 heavy (non-hydrogen) atoms. The van der Waals surface area contributed by atoms with Gasteiger partial charge in [0.1, 0.15) is 0 Å². The monoisotopic (exact) mass is 323 g/mol. The Morgan fingerprint density at radius 3 is 2.88 bits per heavy atom. The van der Waals surface area contributed by atoms with Crippen LogP contribution in [0.25, 0.3) is 16.9 Å². The topological polar surface area (TPSA) is 95.9 Å². The molecule has 0 spiro atoms. The van der Waals surface area contributed by atoms with Gasteiger partial charge in [0.2, 0.25) is 0 Å². The van der Waals surface area contributed by atoms with Crippen molar-refractivity contribution in [3.63, 3.8) is 0 Å². The molecule has 7 nitrogen and oxygen atoms in total. The van der Waals surface area contributed by atoms with E-state index in [1.807, 2.05) is 6.07 Å². The summed E-state index contributed by atoms with van der Waals surface area (Å²) in [6.45, 7) is 0. The highest BCUT2D eigenvalue weighted by atomic mass is 16.2. The molecule has 0 aromatic carbocycles. The summed E-state index contributed by atoms with van der Waals surface area (Å²) in [5.41, 5.74) is 2.04. The van der Waals surface area contributed by atoms with E-state index in [1.54, 1.807) is 16.9 Å². The zero-order valence-corrected chi connectivity index (χ0v) is 13.0. The third kappa shape index (κ3) is 1.97. The van der Waals surface area contributed by atoms with Crippen LogP contribution in [0.15, 0.2) is 34.2 Å². The fourth-order valence-electron chi connectivity index (χ4n) is 4.57. The Balaban J connectivity index is 1.71. The lowest BCUT2D eigenvalue weighted by Crippen LogP contribution is -2.23. The van der Waals surface area contributed by atoms with E-state index >= 15 is 0 Å². The molecule has 2 saturated carbocycles. The number of aromatic nitrogens is 5. The second-order valence-electron chi connectivity index (χ2n) is 6.95. The van der Waals surface area contributed by atoms with Gasteiger partial charge in [-0.2, -0.15) is 5.10 Å². The zero-order chi connectivity index (χ0) is 16.3. The van der Waals surface area contributed by atoms with E-state index in [1.165, 1.54) is 37.4 Å². The minimum Gasteiger partial charge on any atom is -0.313 e. The molecule has 2 N–H and O–H groups in total. The second kappa shape index (κ2) is 4.90. The number of fused-ring (bicyclic) bond motifs is 3. The van der Waals surface area contributed by atoms with E-state index < -0.39 is 11.2 Å². The summed E-state index contributed by atoms with van der Waals surface area (Å²) >= 11 is 0. The van der Waals surface area contributed by atoms with Crippen LogP contribution in [0.2, 0.25) is 0 Å². The van der Waals surface area contributed by atoms with Crippen LogP contribution in [0.1, 0.15) is 37.2 Å². The summed E-state index contributed by atoms with van der Waals surface area (Å²) in [6, 6.07) is 1.98. The van der Waals surface area contributed by atoms with Crippen molar-refractivity contribution in [2.24, 2.45) is 11.8 Å². The summed E-state index contributed by atoms with van der Waals surface area (Å²) in [6.07, 6.45) is 10.1. The molecule has 2 aliphatic carbocycles. The number of nitrogens with zero attached hydrogens (tertiary/aromatic N) is 3. The maximum Gasteiger partial charge on any atom is 0.325 e. The van der Waals surface area contributed by atoms with E-state index in [0.29, 0.717) is 23.1 Å². The lowest BCUT2D eigenvalue weighted by molar-refractivity contribution is 0.420. The summed E-state index contributed by atoms with van der Waals surface area (Å²) < 4.78 is 1.74. The number of rotatable bonds is 2. The number of imidazole rings is 1. The predicted molar refractivity (Wildman–Crippen MR) is 87.9 cm³/mol. The highest BCUT2D eigenvalue weighted by Gasteiger charge is 2.41. The van der Waals surface area contributed by atoms with Gasteiger partial charge in [-0.15, -0.1) is 0 Å². The molecule has 2 bridgehead atoms. The molecule has 5 rings (SSSR count). The predicted octanol–water partition coefficient (Wildman–Crippen LogP) is 1.68. The standard InChI is InChI=1S/C17H17N5O2/c23-16-13(8-19-17(24)20-16)14-7-12(15-18-3-4-22(15)21-14)11-6-9-1-2-10(11)5-9/h3-4,7-11H,1-2,5-6H2,(H2,19,20,23,24)/t9-,10+,11?/m0/s1. The maximum atomic E-state index is 12.1. The van der Waals surface area contributed by atoms with Crippen LogP contribution in [-0.2, 0) is 0 Å². The molecule has 2 aliphatic rings. The number of H-pyrrole nitrogens is 2. The fourth-order valence-corrected chi connectivity index (χ4v) is 4.57. The Kier molecular flexibility index (Phi) is 2.80. The smallest absolute Gasteiger partial charge is 0.313 e. The molecule has 3 aromatic rings. The first kappa shape index (κ1) is 13.7. The summed E-state index contributed by atoms with van der Waals surface area (Å²) in [7, 11) is 0. The van der Waals surface area contributed by atoms with Gasteiger partial charge in [-0.25, -0.2) is 14.3 Å². The third-order valence-corrected chi connectivity index (χ3v) is 5.62. The molecule has 3 heterocycles. The summed E-state index contributed by atoms with van der Waals surface area (Å²) in [4.78, 5) is 32.7. The summed E-state index contributed by atoms with van der Waals surface area (Å²) in [5.74, 6) is 2.01. The van der Waals surface area contributed by atoms with Gasteiger partial charge in [0, 0.05) is 24.2 Å². The van der Waals surface area contributed by atoms with Gasteiger partial charge in [-0.3, -0.25) is 9.78 Å². The molecule has 7 heteroatoms. The molecule has 0 radical (unpaired) electrons. The van der Waals surface area contributed by atoms with Gasteiger partial charge in [-0.1, -0.05) is 6.42 Å². The van der Waals surface area contributed by atoms with E-state index in [-0.39, 0.29) is 0 Å². The first-order valence-electron chi connectivity index (χ1n) is 8.35. The van der Waals surface area contributed by atoms with Crippen LogP contribution in [0.4, 0.5) is 0 Å². The SMILES string of the molecule is O=c1[nH]cc(-c2cc(C3C[C@H]4CC[C@@H]3C4)c3nccn3n2)c(=O)[nH]1. The highest BCUT2D eigenvalue weighted by Crippen LogP contribution is 2.53. The van der Waals surface area contributed by atoms with Crippen LogP contribution in [-0.4, -0.2) is 24.6 Å². The third-order valence-electron chi connectivity index (χ3n) is 5.62. The lowest BCUT2D eigenvalue weighted by atomic mass is 9.83. The number of nitrogens with one attached hydrogen (secondary N) is 2. The molecular formula is C17H17N5O2. The maximum absolute atomic E-state index is 12.1. The van der Waals surface area contributed by atoms with Gasteiger partial charge in [-0.05, 0) is 43.1 Å². The van der Waals surface area contributed by atoms with E-state index in [0.717, 1.165) is 11.6 Å². The molecule has 3 aromatic heterocycles. The van der Waals surface area contributed by atoms with Crippen LogP contribution in [0, 0.1) is 11.8 Å². The van der Waals surface area contributed by atoms with E-state index in [9.17, 15) is 9.59 Å². The average molecular weight is 323 g/mol. The zero-order valence-electron chi connectivity index (χ0n) is 13.0. The number of hydrogen-bond donors (Lipinski definition) is 2. The highest BCUT2D eigenvalue weighted by molar-refractivity contribution is 5.62. The Hall–Kier alpha value is -2.70. The van der Waals surface area contributed by atoms with Gasteiger partial charge < -0.3 is 4.98 Å². The Morgan fingerprint density at radius 2 is 2.12 bits per heavy atom. The van der Waals surface area contributed by atoms with Crippen molar-refractivity contribution in [3.8, 4) is 11.3 Å². The van der Waals surface area contributed by atoms with Gasteiger partial charge >= 0.3 is 5.69 Å². The molecule has 0 saturated heterocycles. The molecule has 3 atom stereocenters. The Labute approximate surface area is 136 Å². The van der Waals surface area contributed by atoms with Crippen molar-refractivity contribution in [3.05, 3.63) is 51.1 Å². The molecule has 1 unspecified atom stereocenters. The van der Waals surface area contributed by atoms with E-state index in [4.69, 9.17) is 0 Å². The van der Waals surface area contributed by atoms with Gasteiger partial charge in [0.15, 0.2) is 5.65 Å². The molecule has 122 valence electrons. The molecule has 0 aliphatic heterocycles. The van der Waals surface area contributed by atoms with Crippen molar-refractivity contribution in [1.29, 1.82) is 0 Å². The minimum absolute atomic E-state index is 0.370. The normalized spacial score (nSPS) is 25.6. The van der Waals surface area contributed by atoms with Crippen molar-refractivity contribution in [2.45, 2.75) is 31.6 Å². The Morgan fingerprint density at radius 1 is 1.21 bits per heavy atom. The van der Waals surface area contributed by atoms with Crippen LogP contribution in [0.5, 0.6) is 0 Å².